The van der Waals surface area contributed by atoms with Crippen LogP contribution in [0.25, 0.3) is 0 Å². The third-order valence-electron chi connectivity index (χ3n) is 4.71. The number of carbonyl (C=O) groups is 1. The number of rotatable bonds is 6. The second-order valence-electron chi connectivity index (χ2n) is 6.40. The zero-order chi connectivity index (χ0) is 20.1. The maximum Gasteiger partial charge on any atom is 0.251 e. The van der Waals surface area contributed by atoms with Gasteiger partial charge < -0.3 is 15.0 Å². The molecule has 1 saturated heterocycles. The summed E-state index contributed by atoms with van der Waals surface area (Å²) >= 11 is 0. The molecule has 2 aromatic carbocycles. The molecule has 7 nitrogen and oxygen atoms in total. The normalized spacial score (nSPS) is 15.3. The van der Waals surface area contributed by atoms with E-state index in [1.165, 1.54) is 17.4 Å². The van der Waals surface area contributed by atoms with E-state index in [1.807, 2.05) is 30.3 Å². The Morgan fingerprint density at radius 2 is 1.75 bits per heavy atom. The highest BCUT2D eigenvalue weighted by Crippen LogP contribution is 2.29. The number of carbonyl (C=O) groups excluding carboxylic acids is 1. The van der Waals surface area contributed by atoms with Crippen LogP contribution in [0.2, 0.25) is 0 Å². The molecule has 0 unspecified atom stereocenters. The Labute approximate surface area is 166 Å². The summed E-state index contributed by atoms with van der Waals surface area (Å²) in [6, 6.07) is 14.4. The van der Waals surface area contributed by atoms with E-state index in [-0.39, 0.29) is 22.1 Å². The maximum atomic E-state index is 13.3. The Hall–Kier alpha value is -2.58. The molecular formula is C20H25N3O4S. The summed E-state index contributed by atoms with van der Waals surface area (Å²) in [4.78, 5) is 14.2. The van der Waals surface area contributed by atoms with E-state index in [9.17, 15) is 13.2 Å². The van der Waals surface area contributed by atoms with Crippen molar-refractivity contribution in [2.45, 2.75) is 11.8 Å². The Kier molecular flexibility index (Phi) is 6.21. The van der Waals surface area contributed by atoms with Crippen LogP contribution in [-0.4, -0.2) is 58.5 Å². The highest BCUT2D eigenvalue weighted by atomic mass is 32.2. The zero-order valence-electron chi connectivity index (χ0n) is 16.1. The van der Waals surface area contributed by atoms with Crippen LogP contribution in [0.4, 0.5) is 5.69 Å². The molecule has 0 atom stereocenters. The van der Waals surface area contributed by atoms with Gasteiger partial charge >= 0.3 is 0 Å². The minimum atomic E-state index is -3.78. The first-order valence-electron chi connectivity index (χ1n) is 9.26. The summed E-state index contributed by atoms with van der Waals surface area (Å²) in [5, 5.41) is 2.52. The smallest absolute Gasteiger partial charge is 0.251 e. The van der Waals surface area contributed by atoms with Crippen LogP contribution in [0.1, 0.15) is 17.3 Å². The summed E-state index contributed by atoms with van der Waals surface area (Å²) in [5.41, 5.74) is 1.36. The van der Waals surface area contributed by atoms with E-state index in [0.29, 0.717) is 32.8 Å². The standard InChI is InChI=1S/C20H25N3O4S/c1-3-27-18-10-9-16(20(24)21-2)15-19(18)28(25,26)23-13-11-22(12-14-23)17-7-5-4-6-8-17/h4-10,15H,3,11-14H2,1-2H3,(H,21,24). The number of nitrogens with zero attached hydrogens (tertiary/aromatic N) is 2. The average Bonchev–Trinajstić information content (AvgIpc) is 2.74. The molecule has 0 saturated carbocycles. The largest absolute Gasteiger partial charge is 0.492 e. The Morgan fingerprint density at radius 1 is 1.07 bits per heavy atom. The minimum absolute atomic E-state index is 0.0311. The van der Waals surface area contributed by atoms with E-state index >= 15 is 0 Å². The van der Waals surface area contributed by atoms with Gasteiger partial charge in [0.1, 0.15) is 10.6 Å². The number of piperazine rings is 1. The summed E-state index contributed by atoms with van der Waals surface area (Å²) in [5.74, 6) is -0.0750. The predicted molar refractivity (Wildman–Crippen MR) is 108 cm³/mol. The van der Waals surface area contributed by atoms with Crippen molar-refractivity contribution in [3.05, 3.63) is 54.1 Å². The Morgan fingerprint density at radius 3 is 2.36 bits per heavy atom. The molecule has 1 aliphatic heterocycles. The molecule has 8 heteroatoms. The lowest BCUT2D eigenvalue weighted by atomic mass is 10.2. The molecule has 0 aliphatic carbocycles. The number of benzene rings is 2. The molecule has 1 heterocycles. The fourth-order valence-corrected chi connectivity index (χ4v) is 4.81. The molecule has 1 amide bonds. The lowest BCUT2D eigenvalue weighted by molar-refractivity contribution is 0.0963. The minimum Gasteiger partial charge on any atom is -0.492 e. The topological polar surface area (TPSA) is 78.9 Å². The molecule has 150 valence electrons. The van der Waals surface area contributed by atoms with E-state index < -0.39 is 10.0 Å². The second-order valence-corrected chi connectivity index (χ2v) is 8.31. The van der Waals surface area contributed by atoms with Crippen molar-refractivity contribution in [3.63, 3.8) is 0 Å². The molecule has 0 radical (unpaired) electrons. The van der Waals surface area contributed by atoms with E-state index in [2.05, 4.69) is 10.2 Å². The van der Waals surface area contributed by atoms with Crippen LogP contribution >= 0.6 is 0 Å². The molecule has 0 spiro atoms. The van der Waals surface area contributed by atoms with Gasteiger partial charge in [-0.05, 0) is 37.3 Å². The van der Waals surface area contributed by atoms with Crippen molar-refractivity contribution in [2.24, 2.45) is 0 Å². The van der Waals surface area contributed by atoms with Gasteiger partial charge in [-0.15, -0.1) is 0 Å². The van der Waals surface area contributed by atoms with Gasteiger partial charge in [0.05, 0.1) is 6.61 Å². The lowest BCUT2D eigenvalue weighted by Crippen LogP contribution is -2.48. The molecule has 0 bridgehead atoms. The van der Waals surface area contributed by atoms with Crippen molar-refractivity contribution in [2.75, 3.05) is 44.7 Å². The van der Waals surface area contributed by atoms with Crippen LogP contribution in [-0.2, 0) is 10.0 Å². The number of para-hydroxylation sites is 1. The summed E-state index contributed by atoms with van der Waals surface area (Å²) < 4.78 is 33.6. The van der Waals surface area contributed by atoms with Crippen molar-refractivity contribution < 1.29 is 17.9 Å². The van der Waals surface area contributed by atoms with E-state index in [4.69, 9.17) is 4.74 Å². The number of nitrogens with one attached hydrogen (secondary N) is 1. The molecule has 2 aromatic rings. The van der Waals surface area contributed by atoms with Crippen LogP contribution in [0, 0.1) is 0 Å². The average molecular weight is 404 g/mol. The van der Waals surface area contributed by atoms with Crippen LogP contribution in [0.15, 0.2) is 53.4 Å². The Bertz CT molecular complexity index is 924. The lowest BCUT2D eigenvalue weighted by Gasteiger charge is -2.35. The number of amides is 1. The van der Waals surface area contributed by atoms with Gasteiger partial charge in [-0.25, -0.2) is 8.42 Å². The third-order valence-corrected chi connectivity index (χ3v) is 6.63. The molecule has 3 rings (SSSR count). The number of hydrogen-bond acceptors (Lipinski definition) is 5. The van der Waals surface area contributed by atoms with Crippen LogP contribution < -0.4 is 15.0 Å². The van der Waals surface area contributed by atoms with E-state index in [1.54, 1.807) is 19.1 Å². The van der Waals surface area contributed by atoms with Crippen LogP contribution in [0.3, 0.4) is 0 Å². The quantitative estimate of drug-likeness (QED) is 0.798. The van der Waals surface area contributed by atoms with Gasteiger partial charge in [0.25, 0.3) is 5.91 Å². The predicted octanol–water partition coefficient (Wildman–Crippen LogP) is 1.96. The Balaban J connectivity index is 1.85. The van der Waals surface area contributed by atoms with Crippen molar-refractivity contribution in [1.82, 2.24) is 9.62 Å². The summed E-state index contributed by atoms with van der Waals surface area (Å²) in [6.45, 7) is 4.07. The molecule has 0 aromatic heterocycles. The maximum absolute atomic E-state index is 13.3. The molecular weight excluding hydrogens is 378 g/mol. The van der Waals surface area contributed by atoms with Gasteiger partial charge in [-0.1, -0.05) is 18.2 Å². The zero-order valence-corrected chi connectivity index (χ0v) is 16.9. The van der Waals surface area contributed by atoms with Crippen molar-refractivity contribution >= 4 is 21.6 Å². The number of sulfonamides is 1. The fourth-order valence-electron chi connectivity index (χ4n) is 3.23. The van der Waals surface area contributed by atoms with Gasteiger partial charge in [0.2, 0.25) is 10.0 Å². The monoisotopic (exact) mass is 403 g/mol. The molecule has 1 aliphatic rings. The first-order valence-corrected chi connectivity index (χ1v) is 10.7. The first-order chi connectivity index (χ1) is 13.5. The second kappa shape index (κ2) is 8.62. The van der Waals surface area contributed by atoms with Crippen molar-refractivity contribution in [3.8, 4) is 5.75 Å². The van der Waals surface area contributed by atoms with Crippen molar-refractivity contribution in [1.29, 1.82) is 0 Å². The van der Waals surface area contributed by atoms with Gasteiger partial charge in [-0.2, -0.15) is 4.31 Å². The van der Waals surface area contributed by atoms with Crippen LogP contribution in [0.5, 0.6) is 5.75 Å². The number of ether oxygens (including phenoxy) is 1. The highest BCUT2D eigenvalue weighted by molar-refractivity contribution is 7.89. The number of hydrogen-bond donors (Lipinski definition) is 1. The fraction of sp³-hybridized carbons (Fsp3) is 0.350. The van der Waals surface area contributed by atoms with Gasteiger partial charge in [0, 0.05) is 44.5 Å². The highest BCUT2D eigenvalue weighted by Gasteiger charge is 2.31. The van der Waals surface area contributed by atoms with Gasteiger partial charge in [-0.3, -0.25) is 4.79 Å². The first kappa shape index (κ1) is 20.2. The van der Waals surface area contributed by atoms with E-state index in [0.717, 1.165) is 5.69 Å². The molecule has 28 heavy (non-hydrogen) atoms. The summed E-state index contributed by atoms with van der Waals surface area (Å²) in [7, 11) is -2.27. The molecule has 1 fully saturated rings. The molecule has 1 N–H and O–H groups in total. The summed E-state index contributed by atoms with van der Waals surface area (Å²) in [6.07, 6.45) is 0. The third kappa shape index (κ3) is 4.13. The number of anilines is 1. The van der Waals surface area contributed by atoms with Gasteiger partial charge in [0.15, 0.2) is 0 Å². The SMILES string of the molecule is CCOc1ccc(C(=O)NC)cc1S(=O)(=O)N1CCN(c2ccccc2)CC1.